The summed E-state index contributed by atoms with van der Waals surface area (Å²) >= 11 is 0. The summed E-state index contributed by atoms with van der Waals surface area (Å²) in [5, 5.41) is 10.4. The molecule has 0 saturated carbocycles. The third kappa shape index (κ3) is 4.14. The Hall–Kier alpha value is -0.860. The van der Waals surface area contributed by atoms with E-state index in [-0.39, 0.29) is 11.7 Å². The van der Waals surface area contributed by atoms with Crippen molar-refractivity contribution in [1.29, 1.82) is 0 Å². The van der Waals surface area contributed by atoms with Crippen molar-refractivity contribution in [3.8, 4) is 0 Å². The smallest absolute Gasteiger partial charge is 0.106 e. The highest BCUT2D eigenvalue weighted by molar-refractivity contribution is 5.21. The highest BCUT2D eigenvalue weighted by atomic mass is 16.5. The maximum absolute atomic E-state index is 10.4. The summed E-state index contributed by atoms with van der Waals surface area (Å²) in [4.78, 5) is 0. The van der Waals surface area contributed by atoms with Gasteiger partial charge in [-0.1, -0.05) is 36.5 Å². The van der Waals surface area contributed by atoms with Gasteiger partial charge in [-0.2, -0.15) is 0 Å². The minimum Gasteiger partial charge on any atom is -0.383 e. The highest BCUT2D eigenvalue weighted by Crippen LogP contribution is 2.35. The lowest BCUT2D eigenvalue weighted by Crippen LogP contribution is -2.38. The largest absolute Gasteiger partial charge is 0.383 e. The second kappa shape index (κ2) is 5.19. The predicted octanol–water partition coefficient (Wildman–Crippen LogP) is 3.38. The molecule has 2 heteroatoms. The van der Waals surface area contributed by atoms with Crippen LogP contribution in [-0.2, 0) is 4.74 Å². The average molecular weight is 236 g/mol. The molecule has 0 amide bonds. The zero-order valence-corrected chi connectivity index (χ0v) is 11.4. The van der Waals surface area contributed by atoms with Crippen molar-refractivity contribution in [3.63, 3.8) is 0 Å². The van der Waals surface area contributed by atoms with Crippen molar-refractivity contribution >= 4 is 0 Å². The molecule has 0 aliphatic carbocycles. The number of rotatable bonds is 4. The average Bonchev–Trinajstić information content (AvgIpc) is 2.59. The molecule has 0 aromatic rings. The summed E-state index contributed by atoms with van der Waals surface area (Å²) in [5.74, 6) is 0. The van der Waals surface area contributed by atoms with E-state index in [9.17, 15) is 5.11 Å². The van der Waals surface area contributed by atoms with E-state index in [0.29, 0.717) is 0 Å². The van der Waals surface area contributed by atoms with Crippen molar-refractivity contribution in [2.45, 2.75) is 57.8 Å². The molecule has 17 heavy (non-hydrogen) atoms. The Morgan fingerprint density at radius 2 is 2.18 bits per heavy atom. The van der Waals surface area contributed by atoms with Gasteiger partial charge in [-0.3, -0.25) is 0 Å². The molecule has 2 unspecified atom stereocenters. The fourth-order valence-electron chi connectivity index (χ4n) is 1.96. The summed E-state index contributed by atoms with van der Waals surface area (Å²) in [7, 11) is 0. The van der Waals surface area contributed by atoms with E-state index < -0.39 is 5.60 Å². The first-order chi connectivity index (χ1) is 7.77. The van der Waals surface area contributed by atoms with Crippen LogP contribution in [-0.4, -0.2) is 22.4 Å². The first kappa shape index (κ1) is 14.2. The third-order valence-electron chi connectivity index (χ3n) is 3.24. The number of ether oxygens (including phenoxy) is 1. The van der Waals surface area contributed by atoms with E-state index in [4.69, 9.17) is 4.74 Å². The molecular formula is C15H24O2. The van der Waals surface area contributed by atoms with Gasteiger partial charge in [0.05, 0.1) is 11.7 Å². The fraction of sp³-hybridized carbons (Fsp3) is 0.600. The van der Waals surface area contributed by atoms with E-state index in [1.165, 1.54) is 0 Å². The molecule has 0 aromatic carbocycles. The van der Waals surface area contributed by atoms with Crippen LogP contribution in [0.2, 0.25) is 0 Å². The predicted molar refractivity (Wildman–Crippen MR) is 71.9 cm³/mol. The van der Waals surface area contributed by atoms with E-state index in [1.54, 1.807) is 19.1 Å². The molecule has 2 atom stereocenters. The van der Waals surface area contributed by atoms with Crippen LogP contribution in [0.1, 0.15) is 40.5 Å². The molecule has 0 spiro atoms. The summed E-state index contributed by atoms with van der Waals surface area (Å²) in [6.45, 7) is 11.6. The first-order valence-corrected chi connectivity index (χ1v) is 6.15. The molecule has 1 heterocycles. The van der Waals surface area contributed by atoms with Crippen molar-refractivity contribution in [3.05, 3.63) is 36.5 Å². The van der Waals surface area contributed by atoms with Crippen molar-refractivity contribution in [1.82, 2.24) is 0 Å². The van der Waals surface area contributed by atoms with Gasteiger partial charge in [-0.15, -0.1) is 0 Å². The molecule has 0 aromatic heterocycles. The molecular weight excluding hydrogens is 212 g/mol. The normalized spacial score (nSPS) is 28.3. The van der Waals surface area contributed by atoms with Gasteiger partial charge in [0, 0.05) is 0 Å². The fourth-order valence-corrected chi connectivity index (χ4v) is 1.96. The van der Waals surface area contributed by atoms with Crippen LogP contribution in [0.3, 0.4) is 0 Å². The summed E-state index contributed by atoms with van der Waals surface area (Å²) in [6, 6.07) is 0. The second-order valence-corrected chi connectivity index (χ2v) is 5.60. The lowest BCUT2D eigenvalue weighted by molar-refractivity contribution is -0.0960. The van der Waals surface area contributed by atoms with Crippen molar-refractivity contribution in [2.24, 2.45) is 0 Å². The lowest BCUT2D eigenvalue weighted by Gasteiger charge is -2.28. The van der Waals surface area contributed by atoms with Crippen LogP contribution in [0.4, 0.5) is 0 Å². The van der Waals surface area contributed by atoms with E-state index in [1.807, 2.05) is 19.1 Å². The Bertz CT molecular complexity index is 335. The van der Waals surface area contributed by atoms with Crippen LogP contribution < -0.4 is 0 Å². The van der Waals surface area contributed by atoms with Crippen molar-refractivity contribution < 1.29 is 9.84 Å². The van der Waals surface area contributed by atoms with Gasteiger partial charge in [0.2, 0.25) is 0 Å². The standard InChI is InChI=1S/C15H24O2/c1-6-12(2)8-7-10-15(5,16)13-9-11-14(3,4)17-13/h6-8,10,13,16H,1,9,11H2,2-5H3. The van der Waals surface area contributed by atoms with E-state index in [0.717, 1.165) is 18.4 Å². The molecule has 1 saturated heterocycles. The van der Waals surface area contributed by atoms with Gasteiger partial charge in [0.1, 0.15) is 5.60 Å². The van der Waals surface area contributed by atoms with E-state index in [2.05, 4.69) is 20.4 Å². The third-order valence-corrected chi connectivity index (χ3v) is 3.24. The first-order valence-electron chi connectivity index (χ1n) is 6.15. The van der Waals surface area contributed by atoms with Crippen LogP contribution in [0.25, 0.3) is 0 Å². The van der Waals surface area contributed by atoms with Gasteiger partial charge in [0.25, 0.3) is 0 Å². The van der Waals surface area contributed by atoms with Crippen molar-refractivity contribution in [2.75, 3.05) is 0 Å². The number of hydrogen-bond acceptors (Lipinski definition) is 2. The lowest BCUT2D eigenvalue weighted by atomic mass is 9.95. The summed E-state index contributed by atoms with van der Waals surface area (Å²) < 4.78 is 5.86. The van der Waals surface area contributed by atoms with E-state index >= 15 is 0 Å². The molecule has 0 radical (unpaired) electrons. The Kier molecular flexibility index (Phi) is 4.34. The van der Waals surface area contributed by atoms with Gasteiger partial charge in [-0.05, 0) is 40.5 Å². The van der Waals surface area contributed by atoms with Crippen LogP contribution in [0.5, 0.6) is 0 Å². The highest BCUT2D eigenvalue weighted by Gasteiger charge is 2.40. The van der Waals surface area contributed by atoms with Crippen LogP contribution in [0, 0.1) is 0 Å². The molecule has 1 N–H and O–H groups in total. The molecule has 1 rings (SSSR count). The summed E-state index contributed by atoms with van der Waals surface area (Å²) in [6.07, 6.45) is 9.15. The van der Waals surface area contributed by atoms with Crippen LogP contribution in [0.15, 0.2) is 36.5 Å². The zero-order chi connectivity index (χ0) is 13.1. The Labute approximate surface area is 105 Å². The zero-order valence-electron chi connectivity index (χ0n) is 11.4. The maximum atomic E-state index is 10.4. The number of hydrogen-bond donors (Lipinski definition) is 1. The number of allylic oxidation sites excluding steroid dienone is 4. The van der Waals surface area contributed by atoms with Gasteiger partial charge in [-0.25, -0.2) is 0 Å². The maximum Gasteiger partial charge on any atom is 0.106 e. The van der Waals surface area contributed by atoms with Gasteiger partial charge in [0.15, 0.2) is 0 Å². The molecule has 96 valence electrons. The second-order valence-electron chi connectivity index (χ2n) is 5.60. The Balaban J connectivity index is 2.66. The van der Waals surface area contributed by atoms with Gasteiger partial charge < -0.3 is 9.84 Å². The summed E-state index contributed by atoms with van der Waals surface area (Å²) in [5.41, 5.74) is 0.0471. The van der Waals surface area contributed by atoms with Gasteiger partial charge >= 0.3 is 0 Å². The Morgan fingerprint density at radius 3 is 2.65 bits per heavy atom. The molecule has 1 aliphatic heterocycles. The molecule has 1 aliphatic rings. The minimum absolute atomic E-state index is 0.116. The minimum atomic E-state index is -0.911. The van der Waals surface area contributed by atoms with Crippen LogP contribution >= 0.6 is 0 Å². The quantitative estimate of drug-likeness (QED) is 0.758. The SMILES string of the molecule is C=CC(C)=CC=CC(C)(O)C1CCC(C)(C)O1. The molecule has 2 nitrogen and oxygen atoms in total. The molecule has 1 fully saturated rings. The number of aliphatic hydroxyl groups is 1. The monoisotopic (exact) mass is 236 g/mol. The Morgan fingerprint density at radius 1 is 1.53 bits per heavy atom. The topological polar surface area (TPSA) is 29.5 Å². The molecule has 0 bridgehead atoms.